The summed E-state index contributed by atoms with van der Waals surface area (Å²) >= 11 is 0. The number of nitrogens with two attached hydrogens (primary N) is 1. The molecule has 0 saturated heterocycles. The van der Waals surface area contributed by atoms with E-state index in [1.54, 1.807) is 24.3 Å². The lowest BCUT2D eigenvalue weighted by Gasteiger charge is -2.09. The Kier molecular flexibility index (Phi) is 4.73. The maximum atomic E-state index is 11.1. The molecule has 0 radical (unpaired) electrons. The van der Waals surface area contributed by atoms with Crippen molar-refractivity contribution in [1.82, 2.24) is 0 Å². The summed E-state index contributed by atoms with van der Waals surface area (Å²) in [6.45, 7) is 0.407. The fourth-order valence-corrected chi connectivity index (χ4v) is 1.78. The molecule has 0 aromatic heterocycles. The third-order valence-electron chi connectivity index (χ3n) is 2.84. The van der Waals surface area contributed by atoms with Crippen molar-refractivity contribution >= 4 is 12.0 Å². The summed E-state index contributed by atoms with van der Waals surface area (Å²) in [5.41, 5.74) is 6.71. The second-order valence-electron chi connectivity index (χ2n) is 4.35. The Morgan fingerprint density at radius 3 is 2.48 bits per heavy atom. The largest absolute Gasteiger partial charge is 0.488 e. The van der Waals surface area contributed by atoms with Crippen molar-refractivity contribution in [2.24, 2.45) is 5.73 Å². The zero-order valence-corrected chi connectivity index (χ0v) is 11.3. The van der Waals surface area contributed by atoms with Crippen LogP contribution in [-0.4, -0.2) is 5.91 Å². The zero-order chi connectivity index (χ0) is 15.1. The quantitative estimate of drug-likeness (QED) is 0.674. The van der Waals surface area contributed by atoms with E-state index in [-0.39, 0.29) is 5.57 Å². The molecule has 4 heteroatoms. The van der Waals surface area contributed by atoms with E-state index in [0.717, 1.165) is 5.56 Å². The number of carbonyl (C=O) groups excluding carboxylic acids is 1. The molecule has 104 valence electrons. The molecule has 0 bridgehead atoms. The predicted octanol–water partition coefficient (Wildman–Crippen LogP) is 2.66. The first-order chi connectivity index (χ1) is 10.2. The average Bonchev–Trinajstić information content (AvgIpc) is 2.52. The van der Waals surface area contributed by atoms with Crippen molar-refractivity contribution in [2.75, 3.05) is 0 Å². The molecule has 2 aromatic carbocycles. The molecular formula is C17H14N2O2. The topological polar surface area (TPSA) is 76.1 Å². The van der Waals surface area contributed by atoms with Gasteiger partial charge in [0.15, 0.2) is 0 Å². The lowest BCUT2D eigenvalue weighted by Crippen LogP contribution is -2.12. The summed E-state index contributed by atoms with van der Waals surface area (Å²) in [5.74, 6) is -0.161. The lowest BCUT2D eigenvalue weighted by molar-refractivity contribution is -0.114. The van der Waals surface area contributed by atoms with Crippen molar-refractivity contribution in [1.29, 1.82) is 5.26 Å². The minimum Gasteiger partial charge on any atom is -0.488 e. The molecule has 1 amide bonds. The van der Waals surface area contributed by atoms with E-state index >= 15 is 0 Å². The lowest BCUT2D eigenvalue weighted by atomic mass is 10.1. The first-order valence-corrected chi connectivity index (χ1v) is 6.38. The van der Waals surface area contributed by atoms with Crippen LogP contribution in [0.4, 0.5) is 0 Å². The van der Waals surface area contributed by atoms with E-state index in [9.17, 15) is 4.79 Å². The Labute approximate surface area is 123 Å². The number of hydrogen-bond acceptors (Lipinski definition) is 3. The number of para-hydroxylation sites is 1. The Hall–Kier alpha value is -3.06. The summed E-state index contributed by atoms with van der Waals surface area (Å²) in [5, 5.41) is 8.90. The van der Waals surface area contributed by atoms with Gasteiger partial charge < -0.3 is 10.5 Å². The van der Waals surface area contributed by atoms with Crippen LogP contribution in [0, 0.1) is 11.3 Å². The van der Waals surface area contributed by atoms with Gasteiger partial charge in [0.2, 0.25) is 0 Å². The molecule has 2 aromatic rings. The minimum absolute atomic E-state index is 0.106. The maximum Gasteiger partial charge on any atom is 0.259 e. The Morgan fingerprint density at radius 2 is 1.81 bits per heavy atom. The number of ether oxygens (including phenoxy) is 1. The monoisotopic (exact) mass is 278 g/mol. The van der Waals surface area contributed by atoms with Crippen molar-refractivity contribution in [3.63, 3.8) is 0 Å². The second-order valence-corrected chi connectivity index (χ2v) is 4.35. The number of primary amides is 1. The molecule has 0 spiro atoms. The van der Waals surface area contributed by atoms with E-state index in [2.05, 4.69) is 0 Å². The van der Waals surface area contributed by atoms with Gasteiger partial charge in [0.25, 0.3) is 5.91 Å². The van der Waals surface area contributed by atoms with E-state index in [4.69, 9.17) is 15.7 Å². The van der Waals surface area contributed by atoms with Gasteiger partial charge >= 0.3 is 0 Å². The molecule has 0 aliphatic heterocycles. The first kappa shape index (κ1) is 14.4. The summed E-state index contributed by atoms with van der Waals surface area (Å²) in [4.78, 5) is 11.1. The predicted molar refractivity (Wildman–Crippen MR) is 80.0 cm³/mol. The SMILES string of the molecule is N#C/C(=C\c1ccccc1OCc1ccccc1)C(N)=O. The summed E-state index contributed by atoms with van der Waals surface area (Å²) in [6, 6.07) is 18.7. The van der Waals surface area contributed by atoms with Gasteiger partial charge in [-0.15, -0.1) is 0 Å². The highest BCUT2D eigenvalue weighted by molar-refractivity contribution is 6.00. The van der Waals surface area contributed by atoms with Crippen LogP contribution in [0.15, 0.2) is 60.2 Å². The molecule has 0 aliphatic carbocycles. The van der Waals surface area contributed by atoms with Crippen molar-refractivity contribution in [2.45, 2.75) is 6.61 Å². The highest BCUT2D eigenvalue weighted by Crippen LogP contribution is 2.22. The third kappa shape index (κ3) is 3.95. The van der Waals surface area contributed by atoms with Gasteiger partial charge in [0.05, 0.1) is 0 Å². The maximum absolute atomic E-state index is 11.1. The van der Waals surface area contributed by atoms with Gasteiger partial charge in [-0.25, -0.2) is 0 Å². The number of hydrogen-bond donors (Lipinski definition) is 1. The fourth-order valence-electron chi connectivity index (χ4n) is 1.78. The number of carbonyl (C=O) groups is 1. The van der Waals surface area contributed by atoms with Crippen LogP contribution in [0.2, 0.25) is 0 Å². The van der Waals surface area contributed by atoms with Crippen LogP contribution >= 0.6 is 0 Å². The Morgan fingerprint density at radius 1 is 1.14 bits per heavy atom. The number of amides is 1. The Balaban J connectivity index is 2.22. The van der Waals surface area contributed by atoms with Crippen LogP contribution in [0.1, 0.15) is 11.1 Å². The van der Waals surface area contributed by atoms with Gasteiger partial charge in [0.1, 0.15) is 24.0 Å². The third-order valence-corrected chi connectivity index (χ3v) is 2.84. The van der Waals surface area contributed by atoms with Crippen LogP contribution in [0.25, 0.3) is 6.08 Å². The molecule has 0 fully saturated rings. The number of benzene rings is 2. The summed E-state index contributed by atoms with van der Waals surface area (Å²) in [7, 11) is 0. The molecule has 2 N–H and O–H groups in total. The smallest absolute Gasteiger partial charge is 0.259 e. The standard InChI is InChI=1S/C17H14N2O2/c18-11-15(17(19)20)10-14-8-4-5-9-16(14)21-12-13-6-2-1-3-7-13/h1-10H,12H2,(H2,19,20)/b15-10+. The molecule has 0 unspecified atom stereocenters. The van der Waals surface area contributed by atoms with Crippen LogP contribution < -0.4 is 10.5 Å². The van der Waals surface area contributed by atoms with Gasteiger partial charge in [-0.05, 0) is 17.7 Å². The van der Waals surface area contributed by atoms with Gasteiger partial charge in [-0.1, -0.05) is 48.5 Å². The first-order valence-electron chi connectivity index (χ1n) is 6.38. The normalized spacial score (nSPS) is 10.7. The molecule has 21 heavy (non-hydrogen) atoms. The molecule has 0 saturated carbocycles. The van der Waals surface area contributed by atoms with Crippen molar-refractivity contribution < 1.29 is 9.53 Å². The van der Waals surface area contributed by atoms with Crippen molar-refractivity contribution in [3.8, 4) is 11.8 Å². The van der Waals surface area contributed by atoms with E-state index in [1.165, 1.54) is 6.08 Å². The number of nitriles is 1. The van der Waals surface area contributed by atoms with Crippen molar-refractivity contribution in [3.05, 3.63) is 71.3 Å². The average molecular weight is 278 g/mol. The summed E-state index contributed by atoms with van der Waals surface area (Å²) < 4.78 is 5.74. The second kappa shape index (κ2) is 6.92. The minimum atomic E-state index is -0.754. The molecule has 2 rings (SSSR count). The van der Waals surface area contributed by atoms with Gasteiger partial charge in [-0.2, -0.15) is 5.26 Å². The molecule has 0 aliphatic rings. The van der Waals surface area contributed by atoms with Crippen LogP contribution in [0.3, 0.4) is 0 Å². The number of rotatable bonds is 5. The van der Waals surface area contributed by atoms with Crippen LogP contribution in [0.5, 0.6) is 5.75 Å². The molecule has 4 nitrogen and oxygen atoms in total. The molecule has 0 heterocycles. The van der Waals surface area contributed by atoms with Gasteiger partial charge in [-0.3, -0.25) is 4.79 Å². The fraction of sp³-hybridized carbons (Fsp3) is 0.0588. The van der Waals surface area contributed by atoms with Crippen LogP contribution in [-0.2, 0) is 11.4 Å². The molecular weight excluding hydrogens is 264 g/mol. The molecule has 0 atom stereocenters. The highest BCUT2D eigenvalue weighted by atomic mass is 16.5. The van der Waals surface area contributed by atoms with Gasteiger partial charge in [0, 0.05) is 5.56 Å². The number of nitrogens with zero attached hydrogens (tertiary/aromatic N) is 1. The van der Waals surface area contributed by atoms with E-state index in [1.807, 2.05) is 36.4 Å². The highest BCUT2D eigenvalue weighted by Gasteiger charge is 2.07. The zero-order valence-electron chi connectivity index (χ0n) is 11.3. The van der Waals surface area contributed by atoms with E-state index < -0.39 is 5.91 Å². The Bertz CT molecular complexity index is 700. The summed E-state index contributed by atoms with van der Waals surface area (Å²) in [6.07, 6.45) is 1.43. The van der Waals surface area contributed by atoms with E-state index in [0.29, 0.717) is 17.9 Å².